The Kier molecular flexibility index (Phi) is 3.07. The van der Waals surface area contributed by atoms with Gasteiger partial charge in [0, 0.05) is 17.6 Å². The van der Waals surface area contributed by atoms with E-state index in [1.807, 2.05) is 0 Å². The lowest BCUT2D eigenvalue weighted by Gasteiger charge is -2.52. The van der Waals surface area contributed by atoms with Gasteiger partial charge in [-0.15, -0.1) is 0 Å². The molecule has 0 aliphatic carbocycles. The minimum absolute atomic E-state index is 0.253. The van der Waals surface area contributed by atoms with E-state index in [1.54, 1.807) is 0 Å². The molecule has 2 heteroatoms. The van der Waals surface area contributed by atoms with Crippen LogP contribution in [0.2, 0.25) is 0 Å². The fourth-order valence-electron chi connectivity index (χ4n) is 2.54. The molecule has 2 N–H and O–H groups in total. The van der Waals surface area contributed by atoms with Crippen LogP contribution in [0.1, 0.15) is 40.5 Å². The van der Waals surface area contributed by atoms with Crippen molar-refractivity contribution in [2.24, 2.45) is 5.73 Å². The van der Waals surface area contributed by atoms with Crippen LogP contribution >= 0.6 is 0 Å². The van der Waals surface area contributed by atoms with E-state index in [2.05, 4.69) is 45.7 Å². The maximum Gasteiger partial charge on any atom is 0.0192 e. The Balaban J connectivity index is 2.92. The molecule has 0 radical (unpaired) electrons. The molecular formula is C12H24N2. The van der Waals surface area contributed by atoms with Gasteiger partial charge in [-0.1, -0.05) is 11.6 Å². The zero-order valence-corrected chi connectivity index (χ0v) is 10.2. The second kappa shape index (κ2) is 3.67. The SMILES string of the molecule is CN1C(C)(C)CC(=CCN)CC1(C)C. The number of rotatable bonds is 1. The van der Waals surface area contributed by atoms with Crippen molar-refractivity contribution in [3.63, 3.8) is 0 Å². The minimum atomic E-state index is 0.253. The summed E-state index contributed by atoms with van der Waals surface area (Å²) in [5, 5.41) is 0. The third kappa shape index (κ3) is 2.18. The van der Waals surface area contributed by atoms with Crippen molar-refractivity contribution >= 4 is 0 Å². The Bertz CT molecular complexity index is 219. The number of piperidine rings is 1. The summed E-state index contributed by atoms with van der Waals surface area (Å²) in [6.07, 6.45) is 4.48. The largest absolute Gasteiger partial charge is 0.327 e. The highest BCUT2D eigenvalue weighted by Gasteiger charge is 2.40. The maximum absolute atomic E-state index is 5.58. The van der Waals surface area contributed by atoms with Crippen LogP contribution in [0.15, 0.2) is 11.6 Å². The Labute approximate surface area is 88.2 Å². The average molecular weight is 196 g/mol. The van der Waals surface area contributed by atoms with Gasteiger partial charge in [-0.3, -0.25) is 4.90 Å². The van der Waals surface area contributed by atoms with Crippen molar-refractivity contribution in [3.8, 4) is 0 Å². The summed E-state index contributed by atoms with van der Waals surface area (Å²) in [6, 6.07) is 0. The highest BCUT2D eigenvalue weighted by molar-refractivity contribution is 5.17. The van der Waals surface area contributed by atoms with Gasteiger partial charge in [0.05, 0.1) is 0 Å². The highest BCUT2D eigenvalue weighted by Crippen LogP contribution is 2.39. The summed E-state index contributed by atoms with van der Waals surface area (Å²) in [7, 11) is 2.22. The van der Waals surface area contributed by atoms with Gasteiger partial charge in [0.1, 0.15) is 0 Å². The van der Waals surface area contributed by atoms with Crippen molar-refractivity contribution in [2.45, 2.75) is 51.6 Å². The van der Waals surface area contributed by atoms with Gasteiger partial charge in [-0.05, 0) is 47.6 Å². The van der Waals surface area contributed by atoms with Crippen LogP contribution < -0.4 is 5.73 Å². The molecule has 1 fully saturated rings. The topological polar surface area (TPSA) is 29.3 Å². The molecule has 0 amide bonds. The zero-order chi connectivity index (χ0) is 11.0. The van der Waals surface area contributed by atoms with Gasteiger partial charge in [-0.2, -0.15) is 0 Å². The molecule has 1 aliphatic rings. The molecule has 1 heterocycles. The lowest BCUT2D eigenvalue weighted by molar-refractivity contribution is 0.0209. The Morgan fingerprint density at radius 1 is 1.21 bits per heavy atom. The molecule has 0 saturated carbocycles. The third-order valence-corrected chi connectivity index (χ3v) is 3.54. The number of likely N-dealkylation sites (tertiary alicyclic amines) is 1. The molecule has 0 aromatic carbocycles. The van der Waals surface area contributed by atoms with E-state index in [1.165, 1.54) is 5.57 Å². The van der Waals surface area contributed by atoms with E-state index in [4.69, 9.17) is 5.73 Å². The number of hydrogen-bond donors (Lipinski definition) is 1. The lowest BCUT2D eigenvalue weighted by atomic mass is 9.77. The predicted molar refractivity (Wildman–Crippen MR) is 62.3 cm³/mol. The molecule has 0 aromatic rings. The molecule has 0 atom stereocenters. The molecule has 14 heavy (non-hydrogen) atoms. The number of hydrogen-bond acceptors (Lipinski definition) is 2. The fraction of sp³-hybridized carbons (Fsp3) is 0.833. The summed E-state index contributed by atoms with van der Waals surface area (Å²) in [5.74, 6) is 0. The summed E-state index contributed by atoms with van der Waals surface area (Å²) in [6.45, 7) is 9.89. The molecule has 0 unspecified atom stereocenters. The first kappa shape index (κ1) is 11.7. The fourth-order valence-corrected chi connectivity index (χ4v) is 2.54. The van der Waals surface area contributed by atoms with Gasteiger partial charge >= 0.3 is 0 Å². The zero-order valence-electron chi connectivity index (χ0n) is 10.2. The maximum atomic E-state index is 5.58. The standard InChI is InChI=1S/C12H24N2/c1-11(2)8-10(6-7-13)9-12(3,4)14(11)5/h6H,7-9,13H2,1-5H3. The van der Waals surface area contributed by atoms with Crippen molar-refractivity contribution < 1.29 is 0 Å². The van der Waals surface area contributed by atoms with Crippen LogP contribution in [-0.4, -0.2) is 29.6 Å². The monoisotopic (exact) mass is 196 g/mol. The van der Waals surface area contributed by atoms with Crippen LogP contribution in [0.25, 0.3) is 0 Å². The van der Waals surface area contributed by atoms with Gasteiger partial charge in [0.25, 0.3) is 0 Å². The van der Waals surface area contributed by atoms with Gasteiger partial charge in [0.15, 0.2) is 0 Å². The van der Waals surface area contributed by atoms with Crippen LogP contribution in [-0.2, 0) is 0 Å². The third-order valence-electron chi connectivity index (χ3n) is 3.54. The molecule has 1 aliphatic heterocycles. The van der Waals surface area contributed by atoms with Crippen LogP contribution in [0.5, 0.6) is 0 Å². The van der Waals surface area contributed by atoms with Crippen molar-refractivity contribution in [3.05, 3.63) is 11.6 Å². The molecule has 1 saturated heterocycles. The lowest BCUT2D eigenvalue weighted by Crippen LogP contribution is -2.56. The highest BCUT2D eigenvalue weighted by atomic mass is 15.2. The van der Waals surface area contributed by atoms with E-state index in [0.717, 1.165) is 12.8 Å². The molecule has 82 valence electrons. The second-order valence-corrected chi connectivity index (χ2v) is 5.64. The van der Waals surface area contributed by atoms with Crippen LogP contribution in [0.4, 0.5) is 0 Å². The van der Waals surface area contributed by atoms with Gasteiger partial charge < -0.3 is 5.73 Å². The van der Waals surface area contributed by atoms with E-state index < -0.39 is 0 Å². The van der Waals surface area contributed by atoms with Gasteiger partial charge in [0.2, 0.25) is 0 Å². The summed E-state index contributed by atoms with van der Waals surface area (Å²) < 4.78 is 0. The predicted octanol–water partition coefficient (Wildman–Crippen LogP) is 2.15. The molecule has 2 nitrogen and oxygen atoms in total. The van der Waals surface area contributed by atoms with E-state index in [-0.39, 0.29) is 11.1 Å². The van der Waals surface area contributed by atoms with Crippen molar-refractivity contribution in [1.82, 2.24) is 4.90 Å². The average Bonchev–Trinajstić information content (AvgIpc) is 1.99. The van der Waals surface area contributed by atoms with Crippen LogP contribution in [0.3, 0.4) is 0 Å². The molecule has 0 bridgehead atoms. The first-order valence-corrected chi connectivity index (χ1v) is 5.41. The quantitative estimate of drug-likeness (QED) is 0.651. The van der Waals surface area contributed by atoms with E-state index in [9.17, 15) is 0 Å². The number of nitrogens with zero attached hydrogens (tertiary/aromatic N) is 1. The normalized spacial score (nSPS) is 26.3. The molecule has 0 aromatic heterocycles. The first-order chi connectivity index (χ1) is 6.29. The van der Waals surface area contributed by atoms with Crippen LogP contribution in [0, 0.1) is 0 Å². The number of nitrogens with two attached hydrogens (primary N) is 1. The Morgan fingerprint density at radius 3 is 2.00 bits per heavy atom. The van der Waals surface area contributed by atoms with Gasteiger partial charge in [-0.25, -0.2) is 0 Å². The van der Waals surface area contributed by atoms with E-state index >= 15 is 0 Å². The first-order valence-electron chi connectivity index (χ1n) is 5.41. The Hall–Kier alpha value is -0.340. The van der Waals surface area contributed by atoms with Crippen molar-refractivity contribution in [1.29, 1.82) is 0 Å². The minimum Gasteiger partial charge on any atom is -0.327 e. The van der Waals surface area contributed by atoms with E-state index in [0.29, 0.717) is 6.54 Å². The summed E-state index contributed by atoms with van der Waals surface area (Å²) in [5.41, 5.74) is 7.60. The summed E-state index contributed by atoms with van der Waals surface area (Å²) in [4.78, 5) is 2.48. The Morgan fingerprint density at radius 2 is 1.64 bits per heavy atom. The molecule has 0 spiro atoms. The van der Waals surface area contributed by atoms with Crippen molar-refractivity contribution in [2.75, 3.05) is 13.6 Å². The smallest absolute Gasteiger partial charge is 0.0192 e. The molecule has 1 rings (SSSR count). The molecular weight excluding hydrogens is 172 g/mol. The summed E-state index contributed by atoms with van der Waals surface area (Å²) >= 11 is 0. The second-order valence-electron chi connectivity index (χ2n) is 5.64.